The van der Waals surface area contributed by atoms with Gasteiger partial charge in [-0.3, -0.25) is 4.79 Å². The topological polar surface area (TPSA) is 55.8 Å². The first kappa shape index (κ1) is 46.5. The maximum Gasteiger partial charge on any atom is 0.231 e. The summed E-state index contributed by atoms with van der Waals surface area (Å²) in [5.74, 6) is 3.47. The van der Waals surface area contributed by atoms with Crippen LogP contribution in [0.3, 0.4) is 0 Å². The van der Waals surface area contributed by atoms with Gasteiger partial charge < -0.3 is 19.2 Å². The number of ether oxygens (including phenoxy) is 2. The Balaban J connectivity index is 0. The molecule has 1 aliphatic rings. The normalized spacial score (nSPS) is 14.0. The van der Waals surface area contributed by atoms with Gasteiger partial charge in [0.2, 0.25) is 12.0 Å². The van der Waals surface area contributed by atoms with Crippen molar-refractivity contribution in [1.82, 2.24) is 4.90 Å². The summed E-state index contributed by atoms with van der Waals surface area (Å²) >= 11 is 5.75. The summed E-state index contributed by atoms with van der Waals surface area (Å²) in [5.41, 5.74) is 1.29. The number of hydrogen-bond acceptors (Lipinski definition) is 5. The molecule has 6 heteroatoms. The number of nitrogens with zero attached hydrogens (tertiary/aromatic N) is 1. The highest BCUT2D eigenvalue weighted by atomic mass is 35.5. The van der Waals surface area contributed by atoms with Gasteiger partial charge in [0, 0.05) is 12.3 Å². The molecular formula is C40H74ClNO4. The van der Waals surface area contributed by atoms with Crippen LogP contribution >= 0.6 is 11.6 Å². The van der Waals surface area contributed by atoms with E-state index in [-0.39, 0.29) is 11.2 Å². The van der Waals surface area contributed by atoms with Crippen LogP contribution in [-0.2, 0) is 9.59 Å². The van der Waals surface area contributed by atoms with Crippen LogP contribution in [0.15, 0.2) is 18.2 Å². The Morgan fingerprint density at radius 1 is 0.783 bits per heavy atom. The molecule has 4 atom stereocenters. The monoisotopic (exact) mass is 668 g/mol. The first-order chi connectivity index (χ1) is 21.9. The number of rotatable bonds is 20. The molecule has 0 fully saturated rings. The Labute approximate surface area is 290 Å². The van der Waals surface area contributed by atoms with Gasteiger partial charge in [-0.2, -0.15) is 0 Å². The fraction of sp³-hybridized carbons (Fsp3) is 0.800. The van der Waals surface area contributed by atoms with Crippen LogP contribution in [-0.4, -0.2) is 43.4 Å². The number of Topliss-reactive ketones (excluding diaryl/α,β-unsaturated/α-hetero) is 1. The maximum atomic E-state index is 11.6. The minimum atomic E-state index is -0.185. The number of carbonyl (C=O) groups excluding carboxylic acids is 2. The zero-order valence-electron chi connectivity index (χ0n) is 32.0. The molecule has 0 N–H and O–H groups in total. The van der Waals surface area contributed by atoms with Crippen LogP contribution in [0.1, 0.15) is 170 Å². The van der Waals surface area contributed by atoms with Crippen molar-refractivity contribution >= 4 is 22.6 Å². The van der Waals surface area contributed by atoms with Crippen molar-refractivity contribution in [2.24, 2.45) is 17.8 Å². The van der Waals surface area contributed by atoms with Crippen molar-refractivity contribution in [3.05, 3.63) is 23.8 Å². The predicted molar refractivity (Wildman–Crippen MR) is 201 cm³/mol. The largest absolute Gasteiger partial charge is 0.454 e. The van der Waals surface area contributed by atoms with Crippen LogP contribution < -0.4 is 9.47 Å². The summed E-state index contributed by atoms with van der Waals surface area (Å²) in [5, 5.41) is -0.185. The van der Waals surface area contributed by atoms with Crippen LogP contribution in [0.25, 0.3) is 0 Å². The standard InChI is InChI=1S/C19H27ClO3.C9H21N.C7H14O.C5H12/c1-4-6-16(19(20)21)10-13(3)9-14(5-2)15-7-8-17-18(11-15)23-12-22-17;1-4-5-6-7-8-9-10(2)3;1-4-6(2)5-7(3)8;1-3-5-4-2/h7-8,11,13-14,16H,4-6,9-10,12H2,1-3H3;4-9H2,1-3H3;6H,4-5H2,1-3H3;3-5H2,1-2H3. The molecular weight excluding hydrogens is 594 g/mol. The smallest absolute Gasteiger partial charge is 0.231 e. The van der Waals surface area contributed by atoms with E-state index in [9.17, 15) is 9.59 Å². The maximum absolute atomic E-state index is 11.6. The average Bonchev–Trinajstić information content (AvgIpc) is 3.48. The Hall–Kier alpha value is -1.59. The van der Waals surface area contributed by atoms with Gasteiger partial charge in [0.05, 0.1) is 0 Å². The molecule has 0 aliphatic carbocycles. The van der Waals surface area contributed by atoms with Gasteiger partial charge >= 0.3 is 0 Å². The zero-order chi connectivity index (χ0) is 35.3. The molecule has 4 unspecified atom stereocenters. The minimum Gasteiger partial charge on any atom is -0.454 e. The lowest BCUT2D eigenvalue weighted by atomic mass is 9.83. The van der Waals surface area contributed by atoms with E-state index in [1.807, 2.05) is 6.07 Å². The SMILES string of the molecule is CCC(C)CC(C)=O.CCCC(CC(C)CC(CC)c1ccc2c(c1)OCO2)C(=O)Cl.CCCCC.CCCCCCCN(C)C. The third-order valence-electron chi connectivity index (χ3n) is 8.44. The highest BCUT2D eigenvalue weighted by Gasteiger charge is 2.23. The van der Waals surface area contributed by atoms with Crippen molar-refractivity contribution in [3.63, 3.8) is 0 Å². The highest BCUT2D eigenvalue weighted by molar-refractivity contribution is 6.63. The Kier molecular flexibility index (Phi) is 31.1. The number of benzene rings is 1. The predicted octanol–water partition coefficient (Wildman–Crippen LogP) is 12.2. The van der Waals surface area contributed by atoms with Crippen molar-refractivity contribution in [2.75, 3.05) is 27.4 Å². The van der Waals surface area contributed by atoms with Gasteiger partial charge in [0.15, 0.2) is 11.5 Å². The van der Waals surface area contributed by atoms with E-state index in [0.29, 0.717) is 30.3 Å². The molecule has 2 rings (SSSR count). The van der Waals surface area contributed by atoms with E-state index < -0.39 is 0 Å². The molecule has 5 nitrogen and oxygen atoms in total. The highest BCUT2D eigenvalue weighted by Crippen LogP contribution is 2.38. The Morgan fingerprint density at radius 3 is 1.85 bits per heavy atom. The fourth-order valence-corrected chi connectivity index (χ4v) is 5.66. The van der Waals surface area contributed by atoms with E-state index in [0.717, 1.165) is 56.4 Å². The molecule has 0 saturated carbocycles. The fourth-order valence-electron chi connectivity index (χ4n) is 5.47. The average molecular weight is 668 g/mol. The van der Waals surface area contributed by atoms with E-state index in [1.54, 1.807) is 6.92 Å². The quantitative estimate of drug-likeness (QED) is 0.102. The second-order valence-corrected chi connectivity index (χ2v) is 13.9. The molecule has 46 heavy (non-hydrogen) atoms. The number of hydrogen-bond donors (Lipinski definition) is 0. The molecule has 270 valence electrons. The van der Waals surface area contributed by atoms with E-state index in [4.69, 9.17) is 21.1 Å². The van der Waals surface area contributed by atoms with Crippen molar-refractivity contribution in [1.29, 1.82) is 0 Å². The minimum absolute atomic E-state index is 0.00840. The molecule has 0 amide bonds. The molecule has 0 bridgehead atoms. The lowest BCUT2D eigenvalue weighted by Crippen LogP contribution is -2.15. The molecule has 0 aromatic heterocycles. The first-order valence-electron chi connectivity index (χ1n) is 18.6. The number of ketones is 1. The second kappa shape index (κ2) is 30.7. The van der Waals surface area contributed by atoms with Crippen LogP contribution in [0, 0.1) is 17.8 Å². The zero-order valence-corrected chi connectivity index (χ0v) is 32.8. The molecule has 0 radical (unpaired) electrons. The number of fused-ring (bicyclic) bond motifs is 1. The lowest BCUT2D eigenvalue weighted by Gasteiger charge is -2.23. The number of carbonyl (C=O) groups is 2. The van der Waals surface area contributed by atoms with Gasteiger partial charge in [-0.1, -0.05) is 119 Å². The van der Waals surface area contributed by atoms with E-state index in [1.165, 1.54) is 63.5 Å². The number of unbranched alkanes of at least 4 members (excludes halogenated alkanes) is 6. The van der Waals surface area contributed by atoms with Crippen LogP contribution in [0.4, 0.5) is 0 Å². The van der Waals surface area contributed by atoms with Crippen LogP contribution in [0.5, 0.6) is 11.5 Å². The molecule has 1 aromatic rings. The summed E-state index contributed by atoms with van der Waals surface area (Å²) in [6.45, 7) is 20.6. The van der Waals surface area contributed by atoms with E-state index >= 15 is 0 Å². The summed E-state index contributed by atoms with van der Waals surface area (Å²) in [4.78, 5) is 24.2. The van der Waals surface area contributed by atoms with Gasteiger partial charge in [-0.05, 0) is 107 Å². The summed E-state index contributed by atoms with van der Waals surface area (Å²) in [6.07, 6.45) is 17.8. The summed E-state index contributed by atoms with van der Waals surface area (Å²) in [6, 6.07) is 6.22. The van der Waals surface area contributed by atoms with Gasteiger partial charge in [-0.25, -0.2) is 0 Å². The molecule has 1 aromatic carbocycles. The van der Waals surface area contributed by atoms with Gasteiger partial charge in [0.1, 0.15) is 5.78 Å². The molecule has 0 saturated heterocycles. The summed E-state index contributed by atoms with van der Waals surface area (Å²) < 4.78 is 10.9. The van der Waals surface area contributed by atoms with Crippen LogP contribution in [0.2, 0.25) is 0 Å². The van der Waals surface area contributed by atoms with Gasteiger partial charge in [-0.15, -0.1) is 0 Å². The number of halogens is 1. The first-order valence-corrected chi connectivity index (χ1v) is 19.0. The second-order valence-electron chi connectivity index (χ2n) is 13.6. The molecule has 0 spiro atoms. The molecule has 1 aliphatic heterocycles. The summed E-state index contributed by atoms with van der Waals surface area (Å²) in [7, 11) is 4.28. The van der Waals surface area contributed by atoms with Crippen molar-refractivity contribution in [3.8, 4) is 11.5 Å². The molecule has 1 heterocycles. The van der Waals surface area contributed by atoms with E-state index in [2.05, 4.69) is 86.5 Å². The Morgan fingerprint density at radius 2 is 1.39 bits per heavy atom. The third kappa shape index (κ3) is 25.5. The van der Waals surface area contributed by atoms with Crippen molar-refractivity contribution < 1.29 is 19.1 Å². The van der Waals surface area contributed by atoms with Gasteiger partial charge in [0.25, 0.3) is 0 Å². The van der Waals surface area contributed by atoms with Crippen molar-refractivity contribution in [2.45, 2.75) is 165 Å². The third-order valence-corrected chi connectivity index (χ3v) is 8.75. The Bertz CT molecular complexity index is 873. The lowest BCUT2D eigenvalue weighted by molar-refractivity contribution is -0.118.